The Morgan fingerprint density at radius 3 is 2.71 bits per heavy atom. The van der Waals surface area contributed by atoms with Crippen LogP contribution in [0.1, 0.15) is 50.4 Å². The predicted molar refractivity (Wildman–Crippen MR) is 95.6 cm³/mol. The zero-order chi connectivity index (χ0) is 17.4. The topological polar surface area (TPSA) is 55.2 Å². The van der Waals surface area contributed by atoms with Crippen LogP contribution in [0.3, 0.4) is 0 Å². The maximum Gasteiger partial charge on any atom is 0.227 e. The molecule has 0 N–H and O–H groups in total. The molecule has 0 spiro atoms. The van der Waals surface area contributed by atoms with Gasteiger partial charge in [0.15, 0.2) is 0 Å². The maximum absolute atomic E-state index is 13.0. The Balaban J connectivity index is 1.72. The molecule has 1 amide bonds. The number of nitrogens with zero attached hydrogens (tertiary/aromatic N) is 3. The van der Waals surface area contributed by atoms with E-state index in [2.05, 4.69) is 21.0 Å². The van der Waals surface area contributed by atoms with E-state index >= 15 is 0 Å². The zero-order valence-electron chi connectivity index (χ0n) is 14.7. The smallest absolute Gasteiger partial charge is 0.227 e. The summed E-state index contributed by atoms with van der Waals surface area (Å²) in [6.45, 7) is 7.12. The average Bonchev–Trinajstić information content (AvgIpc) is 2.82. The molecule has 6 heteroatoms. The number of halogens is 1. The van der Waals surface area contributed by atoms with Gasteiger partial charge in [-0.15, -0.1) is 0 Å². The van der Waals surface area contributed by atoms with Gasteiger partial charge >= 0.3 is 0 Å². The Kier molecular flexibility index (Phi) is 5.13. The summed E-state index contributed by atoms with van der Waals surface area (Å²) in [6, 6.07) is 0.127. The van der Waals surface area contributed by atoms with Crippen molar-refractivity contribution < 1.29 is 9.59 Å². The second-order valence-electron chi connectivity index (χ2n) is 7.27. The summed E-state index contributed by atoms with van der Waals surface area (Å²) in [7, 11) is 0. The highest BCUT2D eigenvalue weighted by molar-refractivity contribution is 9.10. The Bertz CT molecular complexity index is 655. The van der Waals surface area contributed by atoms with Crippen molar-refractivity contribution in [2.75, 3.05) is 6.54 Å². The molecule has 1 aliphatic carbocycles. The van der Waals surface area contributed by atoms with E-state index < -0.39 is 0 Å². The molecule has 1 aliphatic heterocycles. The minimum absolute atomic E-state index is 0.0754. The first-order valence-electron chi connectivity index (χ1n) is 8.93. The van der Waals surface area contributed by atoms with Gasteiger partial charge in [-0.25, -0.2) is 0 Å². The summed E-state index contributed by atoms with van der Waals surface area (Å²) in [4.78, 5) is 27.2. The monoisotopic (exact) mass is 395 g/mol. The fourth-order valence-corrected chi connectivity index (χ4v) is 4.47. The van der Waals surface area contributed by atoms with E-state index in [0.717, 1.165) is 41.5 Å². The molecular formula is C18H26BrN3O2. The van der Waals surface area contributed by atoms with Gasteiger partial charge < -0.3 is 4.90 Å². The number of fused-ring (bicyclic) bond motifs is 1. The van der Waals surface area contributed by atoms with Crippen molar-refractivity contribution in [2.24, 2.45) is 11.8 Å². The van der Waals surface area contributed by atoms with Gasteiger partial charge in [0.05, 0.1) is 22.6 Å². The van der Waals surface area contributed by atoms with Crippen LogP contribution in [0.5, 0.6) is 0 Å². The van der Waals surface area contributed by atoms with Gasteiger partial charge in [-0.1, -0.05) is 19.8 Å². The number of piperidine rings is 1. The number of carbonyl (C=O) groups excluding carboxylic acids is 2. The summed E-state index contributed by atoms with van der Waals surface area (Å²) in [5, 5.41) is 4.52. The molecule has 24 heavy (non-hydrogen) atoms. The van der Waals surface area contributed by atoms with Crippen LogP contribution in [-0.2, 0) is 16.1 Å². The van der Waals surface area contributed by atoms with E-state index in [-0.39, 0.29) is 23.8 Å². The molecule has 0 aromatic carbocycles. The predicted octanol–water partition coefficient (Wildman–Crippen LogP) is 3.26. The molecule has 1 aromatic heterocycles. The van der Waals surface area contributed by atoms with E-state index in [1.165, 1.54) is 0 Å². The van der Waals surface area contributed by atoms with Gasteiger partial charge in [-0.2, -0.15) is 5.10 Å². The summed E-state index contributed by atoms with van der Waals surface area (Å²) in [6.07, 6.45) is 4.68. The number of likely N-dealkylation sites (tertiary alicyclic amines) is 1. The standard InChI is InChI=1S/C18H26BrN3O2/c1-11(10-22-13(3)17(19)12(2)20-22)18(24)21-9-8-16(23)14-6-4-5-7-15(14)21/h11,14-15H,4-10H2,1-3H3/t11-,14+,15+/m1/s1. The van der Waals surface area contributed by atoms with Gasteiger partial charge in [0.25, 0.3) is 0 Å². The molecule has 5 nitrogen and oxygen atoms in total. The highest BCUT2D eigenvalue weighted by Gasteiger charge is 2.41. The van der Waals surface area contributed by atoms with Gasteiger partial charge in [0, 0.05) is 30.6 Å². The molecular weight excluding hydrogens is 370 g/mol. The summed E-state index contributed by atoms with van der Waals surface area (Å²) >= 11 is 3.54. The molecule has 2 fully saturated rings. The number of rotatable bonds is 3. The van der Waals surface area contributed by atoms with Crippen LogP contribution in [0.4, 0.5) is 0 Å². The number of Topliss-reactive ketones (excluding diaryl/α,β-unsaturated/α-hetero) is 1. The van der Waals surface area contributed by atoms with E-state index in [9.17, 15) is 9.59 Å². The van der Waals surface area contributed by atoms with Crippen molar-refractivity contribution in [1.29, 1.82) is 0 Å². The number of aromatic nitrogens is 2. The molecule has 132 valence electrons. The van der Waals surface area contributed by atoms with E-state index in [0.29, 0.717) is 25.3 Å². The average molecular weight is 396 g/mol. The third kappa shape index (κ3) is 3.17. The maximum atomic E-state index is 13.0. The second-order valence-corrected chi connectivity index (χ2v) is 8.07. The molecule has 2 aliphatic rings. The molecule has 0 unspecified atom stereocenters. The highest BCUT2D eigenvalue weighted by atomic mass is 79.9. The Labute approximate surface area is 151 Å². The minimum Gasteiger partial charge on any atom is -0.338 e. The Morgan fingerprint density at radius 2 is 2.04 bits per heavy atom. The van der Waals surface area contributed by atoms with Crippen LogP contribution in [0.15, 0.2) is 4.47 Å². The number of ketones is 1. The van der Waals surface area contributed by atoms with E-state index in [1.54, 1.807) is 0 Å². The molecule has 2 heterocycles. The normalized spacial score (nSPS) is 25.5. The number of aryl methyl sites for hydroxylation is 1. The van der Waals surface area contributed by atoms with Crippen LogP contribution in [0.25, 0.3) is 0 Å². The van der Waals surface area contributed by atoms with Crippen LogP contribution >= 0.6 is 15.9 Å². The number of amides is 1. The van der Waals surface area contributed by atoms with Crippen LogP contribution in [0, 0.1) is 25.7 Å². The molecule has 3 rings (SSSR count). The lowest BCUT2D eigenvalue weighted by atomic mass is 9.77. The van der Waals surface area contributed by atoms with Crippen molar-refractivity contribution in [1.82, 2.24) is 14.7 Å². The van der Waals surface area contributed by atoms with E-state index in [4.69, 9.17) is 0 Å². The van der Waals surface area contributed by atoms with Crippen LogP contribution in [0.2, 0.25) is 0 Å². The second kappa shape index (κ2) is 6.98. The first-order valence-corrected chi connectivity index (χ1v) is 9.72. The van der Waals surface area contributed by atoms with Crippen molar-refractivity contribution in [2.45, 2.75) is 65.5 Å². The quantitative estimate of drug-likeness (QED) is 0.788. The lowest BCUT2D eigenvalue weighted by Crippen LogP contribution is -2.54. The Morgan fingerprint density at radius 1 is 1.33 bits per heavy atom. The van der Waals surface area contributed by atoms with Crippen molar-refractivity contribution in [3.63, 3.8) is 0 Å². The molecule has 1 saturated heterocycles. The van der Waals surface area contributed by atoms with Crippen molar-refractivity contribution in [3.8, 4) is 0 Å². The van der Waals surface area contributed by atoms with Gasteiger partial charge in [0.2, 0.25) is 5.91 Å². The zero-order valence-corrected chi connectivity index (χ0v) is 16.3. The molecule has 1 aromatic rings. The van der Waals surface area contributed by atoms with Gasteiger partial charge in [0.1, 0.15) is 5.78 Å². The van der Waals surface area contributed by atoms with E-state index in [1.807, 2.05) is 30.4 Å². The third-order valence-electron chi connectivity index (χ3n) is 5.59. The number of hydrogen-bond acceptors (Lipinski definition) is 3. The Hall–Kier alpha value is -1.17. The third-order valence-corrected chi connectivity index (χ3v) is 6.73. The van der Waals surface area contributed by atoms with Crippen molar-refractivity contribution >= 4 is 27.6 Å². The fraction of sp³-hybridized carbons (Fsp3) is 0.722. The van der Waals surface area contributed by atoms with Crippen molar-refractivity contribution in [3.05, 3.63) is 15.9 Å². The lowest BCUT2D eigenvalue weighted by molar-refractivity contribution is -0.146. The highest BCUT2D eigenvalue weighted by Crippen LogP contribution is 2.34. The number of hydrogen-bond donors (Lipinski definition) is 0. The molecule has 0 radical (unpaired) electrons. The minimum atomic E-state index is -0.134. The van der Waals surface area contributed by atoms with Gasteiger partial charge in [-0.3, -0.25) is 14.3 Å². The number of carbonyl (C=O) groups is 2. The largest absolute Gasteiger partial charge is 0.338 e. The summed E-state index contributed by atoms with van der Waals surface area (Å²) in [5.41, 5.74) is 2.00. The van der Waals surface area contributed by atoms with Crippen LogP contribution in [-0.4, -0.2) is 39.0 Å². The fourth-order valence-electron chi connectivity index (χ4n) is 4.19. The van der Waals surface area contributed by atoms with Crippen LogP contribution < -0.4 is 0 Å². The lowest BCUT2D eigenvalue weighted by Gasteiger charge is -2.44. The SMILES string of the molecule is Cc1nn(C[C@@H](C)C(=O)N2CCC(=O)[C@H]3CCCC[C@@H]32)c(C)c1Br. The summed E-state index contributed by atoms with van der Waals surface area (Å²) in [5.74, 6) is 0.471. The molecule has 1 saturated carbocycles. The first-order chi connectivity index (χ1) is 11.4. The summed E-state index contributed by atoms with van der Waals surface area (Å²) < 4.78 is 2.92. The van der Waals surface area contributed by atoms with Gasteiger partial charge in [-0.05, 0) is 42.6 Å². The molecule has 0 bridgehead atoms. The molecule has 3 atom stereocenters. The first kappa shape index (κ1) is 17.6.